The van der Waals surface area contributed by atoms with Crippen LogP contribution >= 0.6 is 0 Å². The first-order valence-corrected chi connectivity index (χ1v) is 5.21. The minimum absolute atomic E-state index is 0.128. The summed E-state index contributed by atoms with van der Waals surface area (Å²) >= 11 is 0. The fourth-order valence-electron chi connectivity index (χ4n) is 1.90. The van der Waals surface area contributed by atoms with Crippen molar-refractivity contribution >= 4 is 11.6 Å². The van der Waals surface area contributed by atoms with E-state index in [4.69, 9.17) is 0 Å². The molecule has 2 rings (SSSR count). The molecule has 1 aromatic rings. The highest BCUT2D eigenvalue weighted by Gasteiger charge is 2.14. The van der Waals surface area contributed by atoms with Crippen molar-refractivity contribution in [1.82, 2.24) is 4.90 Å². The second kappa shape index (κ2) is 4.03. The van der Waals surface area contributed by atoms with E-state index < -0.39 is 0 Å². The van der Waals surface area contributed by atoms with E-state index in [2.05, 4.69) is 36.4 Å². The van der Waals surface area contributed by atoms with Crippen LogP contribution in [0, 0.1) is 0 Å². The van der Waals surface area contributed by atoms with Crippen LogP contribution < -0.4 is 5.32 Å². The van der Waals surface area contributed by atoms with E-state index in [-0.39, 0.29) is 5.91 Å². The van der Waals surface area contributed by atoms with E-state index >= 15 is 0 Å². The fraction of sp³-hybridized carbons (Fsp3) is 0.417. The molecular formula is C12H16N2O. The normalized spacial score (nSPS) is 15.0. The van der Waals surface area contributed by atoms with Crippen molar-refractivity contribution in [2.45, 2.75) is 19.4 Å². The molecule has 0 aliphatic carbocycles. The Hall–Kier alpha value is -1.35. The second-order valence-corrected chi connectivity index (χ2v) is 4.28. The number of hydrogen-bond donors (Lipinski definition) is 1. The molecule has 15 heavy (non-hydrogen) atoms. The molecule has 0 saturated carbocycles. The summed E-state index contributed by atoms with van der Waals surface area (Å²) in [5.41, 5.74) is 3.54. The average Bonchev–Trinajstić information content (AvgIpc) is 2.17. The van der Waals surface area contributed by atoms with Crippen molar-refractivity contribution in [2.75, 3.05) is 19.4 Å². The smallest absolute Gasteiger partial charge is 0.224 e. The van der Waals surface area contributed by atoms with Gasteiger partial charge in [0.05, 0.1) is 0 Å². The zero-order valence-corrected chi connectivity index (χ0v) is 9.21. The van der Waals surface area contributed by atoms with Crippen LogP contribution in [0.1, 0.15) is 17.5 Å². The minimum Gasteiger partial charge on any atom is -0.326 e. The number of carbonyl (C=O) groups excluding carboxylic acids is 1. The van der Waals surface area contributed by atoms with Crippen molar-refractivity contribution in [3.05, 3.63) is 29.3 Å². The number of anilines is 1. The van der Waals surface area contributed by atoms with Gasteiger partial charge in [-0.1, -0.05) is 12.1 Å². The molecule has 80 valence electrons. The predicted octanol–water partition coefficient (Wildman–Crippen LogP) is 1.63. The van der Waals surface area contributed by atoms with Crippen LogP contribution in [-0.2, 0) is 17.8 Å². The highest BCUT2D eigenvalue weighted by atomic mass is 16.1. The first-order chi connectivity index (χ1) is 7.15. The van der Waals surface area contributed by atoms with Gasteiger partial charge in [-0.15, -0.1) is 0 Å². The van der Waals surface area contributed by atoms with E-state index in [1.54, 1.807) is 0 Å². The van der Waals surface area contributed by atoms with Crippen LogP contribution in [0.3, 0.4) is 0 Å². The number of nitrogens with zero attached hydrogens (tertiary/aromatic N) is 1. The summed E-state index contributed by atoms with van der Waals surface area (Å²) in [4.78, 5) is 13.3. The second-order valence-electron chi connectivity index (χ2n) is 4.28. The van der Waals surface area contributed by atoms with E-state index in [0.29, 0.717) is 6.42 Å². The maximum atomic E-state index is 11.2. The van der Waals surface area contributed by atoms with Crippen LogP contribution in [0.15, 0.2) is 18.2 Å². The third kappa shape index (κ3) is 2.36. The summed E-state index contributed by atoms with van der Waals surface area (Å²) in [6.07, 6.45) is 1.47. The summed E-state index contributed by atoms with van der Waals surface area (Å²) in [5.74, 6) is 0.128. The van der Waals surface area contributed by atoms with Crippen molar-refractivity contribution in [1.29, 1.82) is 0 Å². The highest BCUT2D eigenvalue weighted by molar-refractivity contribution is 5.93. The number of amides is 1. The molecule has 0 aromatic heterocycles. The van der Waals surface area contributed by atoms with Crippen LogP contribution in [0.25, 0.3) is 0 Å². The van der Waals surface area contributed by atoms with E-state index in [9.17, 15) is 4.79 Å². The van der Waals surface area contributed by atoms with Gasteiger partial charge in [0.1, 0.15) is 0 Å². The summed E-state index contributed by atoms with van der Waals surface area (Å²) in [5, 5.41) is 2.89. The number of hydrogen-bond acceptors (Lipinski definition) is 2. The minimum atomic E-state index is 0.128. The molecule has 0 fully saturated rings. The van der Waals surface area contributed by atoms with Gasteiger partial charge in [-0.25, -0.2) is 0 Å². The summed E-state index contributed by atoms with van der Waals surface area (Å²) in [6.45, 7) is 0.946. The first-order valence-electron chi connectivity index (χ1n) is 5.21. The SMILES string of the molecule is CN(C)Cc1ccc2c(c1)CCC(=O)N2. The topological polar surface area (TPSA) is 32.3 Å². The Morgan fingerprint density at radius 3 is 2.87 bits per heavy atom. The molecule has 0 unspecified atom stereocenters. The predicted molar refractivity (Wildman–Crippen MR) is 60.8 cm³/mol. The molecule has 1 aliphatic heterocycles. The van der Waals surface area contributed by atoms with E-state index in [1.807, 2.05) is 6.07 Å². The number of nitrogens with one attached hydrogen (secondary N) is 1. The molecule has 0 atom stereocenters. The molecule has 0 saturated heterocycles. The van der Waals surface area contributed by atoms with Crippen molar-refractivity contribution < 1.29 is 4.79 Å². The molecule has 0 spiro atoms. The molecule has 1 aromatic carbocycles. The Bertz CT molecular complexity index is 385. The van der Waals surface area contributed by atoms with Gasteiger partial charge >= 0.3 is 0 Å². The summed E-state index contributed by atoms with van der Waals surface area (Å²) in [6, 6.07) is 6.27. The van der Waals surface area contributed by atoms with Gasteiger partial charge in [0, 0.05) is 18.7 Å². The summed E-state index contributed by atoms with van der Waals surface area (Å²) < 4.78 is 0. The van der Waals surface area contributed by atoms with Crippen LogP contribution in [0.2, 0.25) is 0 Å². The zero-order valence-electron chi connectivity index (χ0n) is 9.21. The Labute approximate surface area is 90.1 Å². The Balaban J connectivity index is 2.23. The Kier molecular flexibility index (Phi) is 2.73. The standard InChI is InChI=1S/C12H16N2O/c1-14(2)8-9-3-5-11-10(7-9)4-6-12(15)13-11/h3,5,7H,4,6,8H2,1-2H3,(H,13,15). The molecule has 1 N–H and O–H groups in total. The molecule has 1 heterocycles. The average molecular weight is 204 g/mol. The lowest BCUT2D eigenvalue weighted by atomic mass is 10.0. The highest BCUT2D eigenvalue weighted by Crippen LogP contribution is 2.23. The van der Waals surface area contributed by atoms with Gasteiger partial charge in [-0.2, -0.15) is 0 Å². The van der Waals surface area contributed by atoms with E-state index in [0.717, 1.165) is 18.7 Å². The maximum absolute atomic E-state index is 11.2. The lowest BCUT2D eigenvalue weighted by Crippen LogP contribution is -2.19. The molecule has 0 radical (unpaired) electrons. The number of carbonyl (C=O) groups is 1. The van der Waals surface area contributed by atoms with Crippen LogP contribution in [0.5, 0.6) is 0 Å². The molecule has 1 amide bonds. The molecule has 3 heteroatoms. The number of rotatable bonds is 2. The quantitative estimate of drug-likeness (QED) is 0.794. The lowest BCUT2D eigenvalue weighted by Gasteiger charge is -2.18. The Morgan fingerprint density at radius 2 is 2.13 bits per heavy atom. The van der Waals surface area contributed by atoms with Crippen LogP contribution in [-0.4, -0.2) is 24.9 Å². The third-order valence-corrected chi connectivity index (χ3v) is 2.56. The van der Waals surface area contributed by atoms with Crippen molar-refractivity contribution in [2.24, 2.45) is 0 Å². The first kappa shape index (κ1) is 10.2. The van der Waals surface area contributed by atoms with Crippen molar-refractivity contribution in [3.8, 4) is 0 Å². The zero-order chi connectivity index (χ0) is 10.8. The van der Waals surface area contributed by atoms with Crippen LogP contribution in [0.4, 0.5) is 5.69 Å². The number of aryl methyl sites for hydroxylation is 1. The number of fused-ring (bicyclic) bond motifs is 1. The summed E-state index contributed by atoms with van der Waals surface area (Å²) in [7, 11) is 4.11. The van der Waals surface area contributed by atoms with E-state index in [1.165, 1.54) is 11.1 Å². The van der Waals surface area contributed by atoms with Gasteiger partial charge in [-0.05, 0) is 37.7 Å². The van der Waals surface area contributed by atoms with Crippen molar-refractivity contribution in [3.63, 3.8) is 0 Å². The maximum Gasteiger partial charge on any atom is 0.224 e. The fourth-order valence-corrected chi connectivity index (χ4v) is 1.90. The van der Waals surface area contributed by atoms with Gasteiger partial charge in [0.15, 0.2) is 0 Å². The molecular weight excluding hydrogens is 188 g/mol. The number of benzene rings is 1. The van der Waals surface area contributed by atoms with Gasteiger partial charge in [-0.3, -0.25) is 4.79 Å². The third-order valence-electron chi connectivity index (χ3n) is 2.56. The lowest BCUT2D eigenvalue weighted by molar-refractivity contribution is -0.116. The largest absolute Gasteiger partial charge is 0.326 e. The van der Waals surface area contributed by atoms with Gasteiger partial charge in [0.2, 0.25) is 5.91 Å². The Morgan fingerprint density at radius 1 is 1.33 bits per heavy atom. The van der Waals surface area contributed by atoms with Gasteiger partial charge in [0.25, 0.3) is 0 Å². The molecule has 3 nitrogen and oxygen atoms in total. The molecule has 0 bridgehead atoms. The van der Waals surface area contributed by atoms with Gasteiger partial charge < -0.3 is 10.2 Å². The molecule has 1 aliphatic rings. The monoisotopic (exact) mass is 204 g/mol.